The summed E-state index contributed by atoms with van der Waals surface area (Å²) in [6.45, 7) is 0. The van der Waals surface area contributed by atoms with E-state index in [-0.39, 0.29) is 22.0 Å². The van der Waals surface area contributed by atoms with Crippen molar-refractivity contribution in [1.29, 1.82) is 0 Å². The Morgan fingerprint density at radius 3 is 2.17 bits per heavy atom. The zero-order valence-electron chi connectivity index (χ0n) is 15.4. The van der Waals surface area contributed by atoms with Gasteiger partial charge in [-0.3, -0.25) is 4.72 Å². The largest absolute Gasteiger partial charge is 0.493 e. The van der Waals surface area contributed by atoms with Crippen molar-refractivity contribution >= 4 is 15.7 Å². The van der Waals surface area contributed by atoms with Crippen molar-refractivity contribution in [2.24, 2.45) is 0 Å². The number of anilines is 1. The third-order valence-electron chi connectivity index (χ3n) is 4.12. The highest BCUT2D eigenvalue weighted by Gasteiger charge is 2.32. The highest BCUT2D eigenvalue weighted by atomic mass is 32.2. The fraction of sp³-hybridized carbons (Fsp3) is 0.158. The average molecular weight is 426 g/mol. The molecule has 0 aliphatic carbocycles. The molecule has 29 heavy (non-hydrogen) atoms. The SMILES string of the molecule is COc1ccc(S(=O)(=O)Nc2cc(C(F)(F)F)ccc2-n2cccc2)cc1OC. The zero-order chi connectivity index (χ0) is 21.2. The molecule has 0 atom stereocenters. The second kappa shape index (κ2) is 7.70. The van der Waals surface area contributed by atoms with Crippen LogP contribution in [0, 0.1) is 0 Å². The van der Waals surface area contributed by atoms with Crippen LogP contribution in [0.15, 0.2) is 65.8 Å². The van der Waals surface area contributed by atoms with Crippen LogP contribution in [0.25, 0.3) is 5.69 Å². The fourth-order valence-electron chi connectivity index (χ4n) is 2.70. The van der Waals surface area contributed by atoms with Crippen LogP contribution < -0.4 is 14.2 Å². The first-order valence-electron chi connectivity index (χ1n) is 8.25. The average Bonchev–Trinajstić information content (AvgIpc) is 3.20. The number of rotatable bonds is 6. The van der Waals surface area contributed by atoms with Crippen LogP contribution >= 0.6 is 0 Å². The van der Waals surface area contributed by atoms with Crippen molar-refractivity contribution in [3.05, 3.63) is 66.5 Å². The summed E-state index contributed by atoms with van der Waals surface area (Å²) in [5.74, 6) is 0.489. The maximum Gasteiger partial charge on any atom is 0.416 e. The van der Waals surface area contributed by atoms with E-state index in [1.54, 1.807) is 24.5 Å². The number of ether oxygens (including phenoxy) is 2. The predicted molar refractivity (Wildman–Crippen MR) is 101 cm³/mol. The monoisotopic (exact) mass is 426 g/mol. The highest BCUT2D eigenvalue weighted by molar-refractivity contribution is 7.92. The molecule has 1 heterocycles. The minimum atomic E-state index is -4.63. The van der Waals surface area contributed by atoms with Crippen molar-refractivity contribution in [1.82, 2.24) is 4.57 Å². The summed E-state index contributed by atoms with van der Waals surface area (Å²) in [7, 11) is -1.47. The predicted octanol–water partition coefficient (Wildman–Crippen LogP) is 4.31. The third-order valence-corrected chi connectivity index (χ3v) is 5.48. The Balaban J connectivity index is 2.08. The summed E-state index contributed by atoms with van der Waals surface area (Å²) in [6, 6.07) is 10.1. The van der Waals surface area contributed by atoms with Crippen LogP contribution in [0.3, 0.4) is 0 Å². The number of alkyl halides is 3. The van der Waals surface area contributed by atoms with Crippen molar-refractivity contribution < 1.29 is 31.1 Å². The lowest BCUT2D eigenvalue weighted by molar-refractivity contribution is -0.137. The van der Waals surface area contributed by atoms with Gasteiger partial charge in [-0.1, -0.05) is 0 Å². The molecule has 0 saturated heterocycles. The van der Waals surface area contributed by atoms with Gasteiger partial charge in [-0.15, -0.1) is 0 Å². The molecule has 2 aromatic carbocycles. The van der Waals surface area contributed by atoms with E-state index in [4.69, 9.17) is 9.47 Å². The molecule has 3 aromatic rings. The Labute approximate surface area is 165 Å². The van der Waals surface area contributed by atoms with Gasteiger partial charge in [-0.05, 0) is 42.5 Å². The van der Waals surface area contributed by atoms with Crippen LogP contribution in [0.2, 0.25) is 0 Å². The van der Waals surface area contributed by atoms with Gasteiger partial charge >= 0.3 is 6.18 Å². The number of hydrogen-bond donors (Lipinski definition) is 1. The van der Waals surface area contributed by atoms with Gasteiger partial charge < -0.3 is 14.0 Å². The Bertz CT molecular complexity index is 1110. The van der Waals surface area contributed by atoms with Gasteiger partial charge in [0.25, 0.3) is 10.0 Å². The lowest BCUT2D eigenvalue weighted by atomic mass is 10.1. The number of hydrogen-bond acceptors (Lipinski definition) is 4. The molecular formula is C19H17F3N2O4S. The first-order valence-corrected chi connectivity index (χ1v) is 9.73. The fourth-order valence-corrected chi connectivity index (χ4v) is 3.78. The first-order chi connectivity index (χ1) is 13.7. The first kappa shape index (κ1) is 20.6. The Kier molecular flexibility index (Phi) is 5.47. The van der Waals surface area contributed by atoms with Crippen LogP contribution in [0.4, 0.5) is 18.9 Å². The minimum Gasteiger partial charge on any atom is -0.493 e. The molecule has 0 unspecified atom stereocenters. The molecule has 0 bridgehead atoms. The Morgan fingerprint density at radius 1 is 0.931 bits per heavy atom. The normalized spacial score (nSPS) is 11.9. The van der Waals surface area contributed by atoms with Crippen molar-refractivity contribution in [3.63, 3.8) is 0 Å². The van der Waals surface area contributed by atoms with Gasteiger partial charge in [0.1, 0.15) is 0 Å². The molecule has 6 nitrogen and oxygen atoms in total. The topological polar surface area (TPSA) is 69.6 Å². The summed E-state index contributed by atoms with van der Waals surface area (Å²) in [5, 5.41) is 0. The molecule has 10 heteroatoms. The molecule has 1 aromatic heterocycles. The summed E-state index contributed by atoms with van der Waals surface area (Å²) >= 11 is 0. The molecule has 0 fully saturated rings. The minimum absolute atomic E-state index is 0.171. The molecule has 0 aliphatic rings. The van der Waals surface area contributed by atoms with E-state index in [1.165, 1.54) is 43.1 Å². The van der Waals surface area contributed by atoms with Crippen molar-refractivity contribution in [2.45, 2.75) is 11.1 Å². The van der Waals surface area contributed by atoms with Gasteiger partial charge in [0.05, 0.1) is 36.1 Å². The Morgan fingerprint density at radius 2 is 1.59 bits per heavy atom. The maximum absolute atomic E-state index is 13.2. The maximum atomic E-state index is 13.2. The van der Waals surface area contributed by atoms with E-state index in [1.807, 2.05) is 0 Å². The van der Waals surface area contributed by atoms with Gasteiger partial charge in [0.15, 0.2) is 11.5 Å². The number of nitrogens with one attached hydrogen (secondary N) is 1. The Hall–Kier alpha value is -3.14. The standard InChI is InChI=1S/C19H17F3N2O4S/c1-27-17-8-6-14(12-18(17)28-2)29(25,26)23-15-11-13(19(20,21)22)5-7-16(15)24-9-3-4-10-24/h3-12,23H,1-2H3. The summed E-state index contributed by atoms with van der Waals surface area (Å²) in [6.07, 6.45) is -1.44. The van der Waals surface area contributed by atoms with E-state index >= 15 is 0 Å². The quantitative estimate of drug-likeness (QED) is 0.638. The second-order valence-electron chi connectivity index (χ2n) is 5.94. The molecule has 154 valence electrons. The van der Waals surface area contributed by atoms with E-state index in [0.29, 0.717) is 5.75 Å². The molecule has 0 saturated carbocycles. The number of nitrogens with zero attached hydrogens (tertiary/aromatic N) is 1. The molecular weight excluding hydrogens is 409 g/mol. The second-order valence-corrected chi connectivity index (χ2v) is 7.62. The number of benzene rings is 2. The van der Waals surface area contributed by atoms with Crippen LogP contribution in [0.5, 0.6) is 11.5 Å². The zero-order valence-corrected chi connectivity index (χ0v) is 16.2. The van der Waals surface area contributed by atoms with Gasteiger partial charge in [-0.25, -0.2) is 8.42 Å². The van der Waals surface area contributed by atoms with Crippen molar-refractivity contribution in [3.8, 4) is 17.2 Å². The summed E-state index contributed by atoms with van der Waals surface area (Å²) < 4.78 is 79.1. The van der Waals surface area contributed by atoms with E-state index < -0.39 is 21.8 Å². The summed E-state index contributed by atoms with van der Waals surface area (Å²) in [5.41, 5.74) is -0.948. The summed E-state index contributed by atoms with van der Waals surface area (Å²) in [4.78, 5) is -0.189. The van der Waals surface area contributed by atoms with Crippen LogP contribution in [-0.4, -0.2) is 27.2 Å². The van der Waals surface area contributed by atoms with Gasteiger partial charge in [0, 0.05) is 18.5 Å². The molecule has 3 rings (SSSR count). The van der Waals surface area contributed by atoms with Crippen LogP contribution in [0.1, 0.15) is 5.56 Å². The highest BCUT2D eigenvalue weighted by Crippen LogP contribution is 2.35. The molecule has 0 radical (unpaired) electrons. The number of methoxy groups -OCH3 is 2. The molecule has 0 spiro atoms. The van der Waals surface area contributed by atoms with Crippen LogP contribution in [-0.2, 0) is 16.2 Å². The van der Waals surface area contributed by atoms with Crippen molar-refractivity contribution in [2.75, 3.05) is 18.9 Å². The molecule has 1 N–H and O–H groups in total. The van der Waals surface area contributed by atoms with E-state index in [2.05, 4.69) is 4.72 Å². The lowest BCUT2D eigenvalue weighted by Crippen LogP contribution is -2.16. The van der Waals surface area contributed by atoms with E-state index in [9.17, 15) is 21.6 Å². The van der Waals surface area contributed by atoms with Gasteiger partial charge in [-0.2, -0.15) is 13.2 Å². The van der Waals surface area contributed by atoms with E-state index in [0.717, 1.165) is 12.1 Å². The third kappa shape index (κ3) is 4.32. The number of sulfonamides is 1. The smallest absolute Gasteiger partial charge is 0.416 e. The molecule has 0 amide bonds. The molecule has 0 aliphatic heterocycles. The number of halogens is 3. The number of aromatic nitrogens is 1. The lowest BCUT2D eigenvalue weighted by Gasteiger charge is -2.17. The van der Waals surface area contributed by atoms with Gasteiger partial charge in [0.2, 0.25) is 0 Å².